The average molecular weight is 456 g/mol. The monoisotopic (exact) mass is 455 g/mol. The Labute approximate surface area is 202 Å². The van der Waals surface area contributed by atoms with Crippen molar-refractivity contribution in [2.45, 2.75) is 36.7 Å². The van der Waals surface area contributed by atoms with Crippen LogP contribution in [0.1, 0.15) is 59.1 Å². The minimum absolute atomic E-state index is 0.0997. The Hall–Kier alpha value is -2.82. The largest absolute Gasteiger partial charge is 0.497 e. The highest BCUT2D eigenvalue weighted by atomic mass is 16.5. The molecule has 2 bridgehead atoms. The molecule has 1 N–H and O–H groups in total. The predicted octanol–water partition coefficient (Wildman–Crippen LogP) is 5.28. The fourth-order valence-electron chi connectivity index (χ4n) is 6.93. The lowest BCUT2D eigenvalue weighted by molar-refractivity contribution is 0.0524. The molecule has 0 saturated carbocycles. The van der Waals surface area contributed by atoms with Crippen molar-refractivity contribution in [1.82, 2.24) is 4.90 Å². The normalized spacial score (nSPS) is 24.5. The topological polar surface area (TPSA) is 41.9 Å². The number of rotatable bonds is 6. The van der Waals surface area contributed by atoms with Crippen molar-refractivity contribution in [3.63, 3.8) is 0 Å². The van der Waals surface area contributed by atoms with E-state index >= 15 is 0 Å². The molecular formula is C30H33NO3. The summed E-state index contributed by atoms with van der Waals surface area (Å²) in [6.45, 7) is 3.08. The minimum Gasteiger partial charge on any atom is -0.497 e. The number of nitrogens with zero attached hydrogens (tertiary/aromatic N) is 1. The third kappa shape index (κ3) is 3.27. The van der Waals surface area contributed by atoms with Crippen LogP contribution in [0.25, 0.3) is 0 Å². The Morgan fingerprint density at radius 2 is 1.56 bits per heavy atom. The molecule has 1 heterocycles. The van der Waals surface area contributed by atoms with E-state index in [4.69, 9.17) is 9.47 Å². The highest BCUT2D eigenvalue weighted by molar-refractivity contribution is 5.63. The molecule has 3 aromatic rings. The number of benzene rings is 3. The first kappa shape index (κ1) is 21.7. The van der Waals surface area contributed by atoms with E-state index in [0.717, 1.165) is 43.8 Å². The number of aliphatic hydroxyl groups excluding tert-OH is 1. The number of hydrogen-bond donors (Lipinski definition) is 1. The number of ether oxygens (including phenoxy) is 2. The van der Waals surface area contributed by atoms with Crippen molar-refractivity contribution >= 4 is 0 Å². The molecule has 3 aromatic carbocycles. The van der Waals surface area contributed by atoms with Crippen molar-refractivity contribution in [3.8, 4) is 11.5 Å². The molecule has 0 amide bonds. The molecule has 3 aliphatic rings. The summed E-state index contributed by atoms with van der Waals surface area (Å²) >= 11 is 0. The third-order valence-corrected chi connectivity index (χ3v) is 8.59. The molecule has 0 spiro atoms. The van der Waals surface area contributed by atoms with Gasteiger partial charge in [-0.2, -0.15) is 0 Å². The summed E-state index contributed by atoms with van der Waals surface area (Å²) in [5.74, 6) is 2.21. The molecule has 4 nitrogen and oxygen atoms in total. The van der Waals surface area contributed by atoms with Crippen molar-refractivity contribution < 1.29 is 14.6 Å². The Morgan fingerprint density at radius 1 is 0.912 bits per heavy atom. The van der Waals surface area contributed by atoms with Crippen molar-refractivity contribution in [2.75, 3.05) is 33.9 Å². The molecule has 6 rings (SSSR count). The number of aliphatic hydroxyl groups is 1. The predicted molar refractivity (Wildman–Crippen MR) is 134 cm³/mol. The molecule has 4 heteroatoms. The summed E-state index contributed by atoms with van der Waals surface area (Å²) in [4.78, 5) is 2.63. The van der Waals surface area contributed by atoms with Crippen LogP contribution in [0.3, 0.4) is 0 Å². The van der Waals surface area contributed by atoms with Gasteiger partial charge in [0.1, 0.15) is 11.5 Å². The lowest BCUT2D eigenvalue weighted by atomic mass is 9.74. The van der Waals surface area contributed by atoms with E-state index in [2.05, 4.69) is 53.4 Å². The fraction of sp³-hybridized carbons (Fsp3) is 0.400. The van der Waals surface area contributed by atoms with Gasteiger partial charge in [-0.05, 0) is 72.7 Å². The fourth-order valence-corrected chi connectivity index (χ4v) is 6.93. The lowest BCUT2D eigenvalue weighted by Gasteiger charge is -2.40. The summed E-state index contributed by atoms with van der Waals surface area (Å²) in [5, 5.41) is 11.2. The van der Waals surface area contributed by atoms with Gasteiger partial charge in [-0.1, -0.05) is 48.5 Å². The SMILES string of the molecule is COc1ccc(C(O)C2CCN(CC34CC(c5ccccc53)c3ccccc34)CC2)c(OC)c1. The van der Waals surface area contributed by atoms with E-state index in [1.165, 1.54) is 28.7 Å². The third-order valence-electron chi connectivity index (χ3n) is 8.59. The minimum atomic E-state index is -0.523. The summed E-state index contributed by atoms with van der Waals surface area (Å²) < 4.78 is 10.9. The summed E-state index contributed by atoms with van der Waals surface area (Å²) in [6, 6.07) is 23.9. The maximum atomic E-state index is 11.2. The van der Waals surface area contributed by atoms with Crippen molar-refractivity contribution in [3.05, 3.63) is 94.5 Å². The molecule has 2 aliphatic carbocycles. The Morgan fingerprint density at radius 3 is 2.18 bits per heavy atom. The molecule has 34 heavy (non-hydrogen) atoms. The van der Waals surface area contributed by atoms with Gasteiger partial charge in [-0.15, -0.1) is 0 Å². The molecule has 1 unspecified atom stereocenters. The first-order valence-electron chi connectivity index (χ1n) is 12.5. The highest BCUT2D eigenvalue weighted by Crippen LogP contribution is 2.60. The molecule has 1 saturated heterocycles. The first-order valence-corrected chi connectivity index (χ1v) is 12.5. The van der Waals surface area contributed by atoms with E-state index in [1.807, 2.05) is 18.2 Å². The van der Waals surface area contributed by atoms with Crippen LogP contribution < -0.4 is 9.47 Å². The first-order chi connectivity index (χ1) is 16.6. The molecule has 176 valence electrons. The maximum Gasteiger partial charge on any atom is 0.128 e. The average Bonchev–Trinajstić information content (AvgIpc) is 3.40. The summed E-state index contributed by atoms with van der Waals surface area (Å²) in [5.41, 5.74) is 7.07. The Balaban J connectivity index is 1.20. The zero-order valence-corrected chi connectivity index (χ0v) is 20.0. The van der Waals surface area contributed by atoms with Gasteiger partial charge in [0, 0.05) is 29.5 Å². The van der Waals surface area contributed by atoms with E-state index in [0.29, 0.717) is 11.7 Å². The van der Waals surface area contributed by atoms with Crippen LogP contribution >= 0.6 is 0 Å². The van der Waals surface area contributed by atoms with Gasteiger partial charge in [0.2, 0.25) is 0 Å². The van der Waals surface area contributed by atoms with Gasteiger partial charge in [0.05, 0.1) is 20.3 Å². The molecular weight excluding hydrogens is 422 g/mol. The quantitative estimate of drug-likeness (QED) is 0.549. The van der Waals surface area contributed by atoms with E-state index in [-0.39, 0.29) is 11.3 Å². The van der Waals surface area contributed by atoms with Crippen LogP contribution in [0.5, 0.6) is 11.5 Å². The number of likely N-dealkylation sites (tertiary alicyclic amines) is 1. The van der Waals surface area contributed by atoms with Crippen LogP contribution in [0, 0.1) is 5.92 Å². The van der Waals surface area contributed by atoms with E-state index in [1.54, 1.807) is 14.2 Å². The second-order valence-electron chi connectivity index (χ2n) is 10.2. The van der Waals surface area contributed by atoms with Gasteiger partial charge in [0.15, 0.2) is 0 Å². The molecule has 1 fully saturated rings. The maximum absolute atomic E-state index is 11.2. The number of piperidine rings is 1. The van der Waals surface area contributed by atoms with Crippen LogP contribution in [-0.2, 0) is 5.41 Å². The zero-order valence-electron chi connectivity index (χ0n) is 20.0. The molecule has 0 radical (unpaired) electrons. The van der Waals surface area contributed by atoms with Gasteiger partial charge in [0.25, 0.3) is 0 Å². The van der Waals surface area contributed by atoms with Crippen molar-refractivity contribution in [2.24, 2.45) is 5.92 Å². The van der Waals surface area contributed by atoms with Gasteiger partial charge < -0.3 is 19.5 Å². The summed E-state index contributed by atoms with van der Waals surface area (Å²) in [7, 11) is 3.30. The van der Waals surface area contributed by atoms with E-state index in [9.17, 15) is 5.11 Å². The van der Waals surface area contributed by atoms with E-state index < -0.39 is 6.10 Å². The smallest absolute Gasteiger partial charge is 0.128 e. The highest BCUT2D eigenvalue weighted by Gasteiger charge is 2.53. The van der Waals surface area contributed by atoms with Gasteiger partial charge in [-0.25, -0.2) is 0 Å². The van der Waals surface area contributed by atoms with Crippen molar-refractivity contribution in [1.29, 1.82) is 0 Å². The Kier molecular flexibility index (Phi) is 5.39. The standard InChI is InChI=1S/C30H33NO3/c1-33-21-11-12-24(28(17-21)34-2)29(32)20-13-15-31(16-14-20)19-30-18-25(22-7-3-5-9-26(22)30)23-8-4-6-10-27(23)30/h3-12,17,20,25,29,32H,13-16,18-19H2,1-2H3. The second-order valence-corrected chi connectivity index (χ2v) is 10.2. The van der Waals surface area contributed by atoms with Crippen LogP contribution in [0.4, 0.5) is 0 Å². The second kappa shape index (κ2) is 8.44. The number of hydrogen-bond acceptors (Lipinski definition) is 4. The molecule has 0 aromatic heterocycles. The van der Waals surface area contributed by atoms with Crippen LogP contribution in [-0.4, -0.2) is 43.9 Å². The summed E-state index contributed by atoms with van der Waals surface area (Å²) in [6.07, 6.45) is 2.64. The molecule has 1 aliphatic heterocycles. The number of fused-ring (bicyclic) bond motifs is 8. The zero-order chi connectivity index (χ0) is 23.3. The lowest BCUT2D eigenvalue weighted by Crippen LogP contribution is -2.44. The van der Waals surface area contributed by atoms with Gasteiger partial charge >= 0.3 is 0 Å². The number of methoxy groups -OCH3 is 2. The van der Waals surface area contributed by atoms with Crippen LogP contribution in [0.2, 0.25) is 0 Å². The Bertz CT molecular complexity index is 1150. The van der Waals surface area contributed by atoms with Gasteiger partial charge in [-0.3, -0.25) is 0 Å². The van der Waals surface area contributed by atoms with Crippen LogP contribution in [0.15, 0.2) is 66.7 Å². The molecule has 1 atom stereocenters.